The summed E-state index contributed by atoms with van der Waals surface area (Å²) in [4.78, 5) is 21.9. The monoisotopic (exact) mass is 347 g/mol. The van der Waals surface area contributed by atoms with Crippen LogP contribution in [0.15, 0.2) is 11.4 Å². The molecule has 0 aliphatic carbocycles. The molecule has 0 radical (unpaired) electrons. The highest BCUT2D eigenvalue weighted by Gasteiger charge is 2.24. The Balaban J connectivity index is 1.82. The van der Waals surface area contributed by atoms with E-state index in [0.29, 0.717) is 13.1 Å². The Bertz CT molecular complexity index is 734. The molecule has 3 heterocycles. The summed E-state index contributed by atoms with van der Waals surface area (Å²) in [5.74, 6) is 1.01. The molecule has 1 aliphatic rings. The summed E-state index contributed by atoms with van der Waals surface area (Å²) in [5.41, 5.74) is 13.9. The number of amides is 1. The predicted molar refractivity (Wildman–Crippen MR) is 100 cm³/mol. The van der Waals surface area contributed by atoms with Crippen molar-refractivity contribution in [2.45, 2.75) is 32.7 Å². The number of thiophene rings is 1. The maximum atomic E-state index is 12.0. The summed E-state index contributed by atoms with van der Waals surface area (Å²) in [5, 5.41) is 3.08. The Hall–Kier alpha value is -1.86. The van der Waals surface area contributed by atoms with E-state index in [2.05, 4.69) is 17.9 Å². The summed E-state index contributed by atoms with van der Waals surface area (Å²) >= 11 is 1.60. The molecule has 0 bridgehead atoms. The number of aromatic nitrogens is 1. The van der Waals surface area contributed by atoms with Gasteiger partial charge in [0.1, 0.15) is 10.6 Å². The molecule has 0 aromatic carbocycles. The molecule has 1 fully saturated rings. The van der Waals surface area contributed by atoms with E-state index in [4.69, 9.17) is 16.5 Å². The van der Waals surface area contributed by atoms with Gasteiger partial charge in [-0.3, -0.25) is 4.79 Å². The van der Waals surface area contributed by atoms with Crippen molar-refractivity contribution in [2.75, 3.05) is 36.8 Å². The second-order valence-electron chi connectivity index (χ2n) is 6.36. The number of fused-ring (bicyclic) bond motifs is 1. The van der Waals surface area contributed by atoms with Crippen molar-refractivity contribution in [1.82, 2.24) is 9.88 Å². The molecule has 2 aromatic heterocycles. The Morgan fingerprint density at radius 1 is 1.38 bits per heavy atom. The van der Waals surface area contributed by atoms with Gasteiger partial charge >= 0.3 is 0 Å². The number of hydrogen-bond acceptors (Lipinski definition) is 6. The first-order valence-electron chi connectivity index (χ1n) is 8.47. The van der Waals surface area contributed by atoms with Gasteiger partial charge in [-0.1, -0.05) is 13.3 Å². The van der Waals surface area contributed by atoms with Crippen molar-refractivity contribution in [2.24, 2.45) is 5.73 Å². The third kappa shape index (κ3) is 3.18. The molecular weight excluding hydrogens is 322 g/mol. The zero-order valence-corrected chi connectivity index (χ0v) is 15.1. The van der Waals surface area contributed by atoms with E-state index < -0.39 is 6.04 Å². The molecule has 2 aromatic rings. The van der Waals surface area contributed by atoms with Crippen molar-refractivity contribution in [3.05, 3.63) is 17.0 Å². The fourth-order valence-electron chi connectivity index (χ4n) is 3.20. The van der Waals surface area contributed by atoms with Crippen molar-refractivity contribution >= 4 is 39.0 Å². The minimum atomic E-state index is -0.434. The van der Waals surface area contributed by atoms with Crippen LogP contribution in [0.5, 0.6) is 0 Å². The van der Waals surface area contributed by atoms with E-state index in [9.17, 15) is 4.79 Å². The molecule has 6 nitrogen and oxygen atoms in total. The van der Waals surface area contributed by atoms with Crippen LogP contribution in [0.25, 0.3) is 10.2 Å². The van der Waals surface area contributed by atoms with Crippen molar-refractivity contribution in [3.8, 4) is 0 Å². The first-order chi connectivity index (χ1) is 11.5. The second-order valence-corrected chi connectivity index (χ2v) is 7.22. The third-order valence-corrected chi connectivity index (χ3v) is 5.36. The van der Waals surface area contributed by atoms with Crippen LogP contribution in [0.1, 0.15) is 25.8 Å². The van der Waals surface area contributed by atoms with Crippen molar-refractivity contribution in [1.29, 1.82) is 0 Å². The molecule has 1 aliphatic heterocycles. The molecular formula is C17H25N5OS. The van der Waals surface area contributed by atoms with Gasteiger partial charge in [0, 0.05) is 36.9 Å². The Morgan fingerprint density at radius 2 is 2.08 bits per heavy atom. The van der Waals surface area contributed by atoms with Crippen LogP contribution in [0.2, 0.25) is 0 Å². The van der Waals surface area contributed by atoms with E-state index in [-0.39, 0.29) is 5.91 Å². The number of nitrogen functional groups attached to an aromatic ring is 1. The molecule has 130 valence electrons. The number of nitrogens with two attached hydrogens (primary N) is 2. The number of nitrogens with zero attached hydrogens (tertiary/aromatic N) is 3. The molecule has 1 atom stereocenters. The smallest absolute Gasteiger partial charge is 0.239 e. The minimum Gasteiger partial charge on any atom is -0.397 e. The van der Waals surface area contributed by atoms with Gasteiger partial charge in [-0.2, -0.15) is 0 Å². The Kier molecular flexibility index (Phi) is 4.91. The molecule has 24 heavy (non-hydrogen) atoms. The first kappa shape index (κ1) is 17.0. The largest absolute Gasteiger partial charge is 0.397 e. The standard InChI is InChI=1S/C17H25N5OS/c1-3-4-12-9-14(20-16-15(12)13(19)10-24-16)21-5-7-22(8-6-21)17(23)11(2)18/h9-11H,3-8,18-19H2,1-2H3/t11-/m1/s1. The second kappa shape index (κ2) is 6.94. The normalized spacial score (nSPS) is 16.6. The van der Waals surface area contributed by atoms with Gasteiger partial charge in [0.2, 0.25) is 5.91 Å². The highest BCUT2D eigenvalue weighted by molar-refractivity contribution is 7.17. The fourth-order valence-corrected chi connectivity index (χ4v) is 4.07. The van der Waals surface area contributed by atoms with E-state index in [0.717, 1.165) is 47.7 Å². The summed E-state index contributed by atoms with van der Waals surface area (Å²) < 4.78 is 0. The van der Waals surface area contributed by atoms with E-state index >= 15 is 0 Å². The third-order valence-electron chi connectivity index (χ3n) is 4.46. The van der Waals surface area contributed by atoms with Crippen LogP contribution in [0.3, 0.4) is 0 Å². The topological polar surface area (TPSA) is 88.5 Å². The molecule has 3 rings (SSSR count). The van der Waals surface area contributed by atoms with Crippen LogP contribution in [-0.2, 0) is 11.2 Å². The Morgan fingerprint density at radius 3 is 2.71 bits per heavy atom. The Labute approximate surface area is 146 Å². The number of hydrogen-bond donors (Lipinski definition) is 2. The van der Waals surface area contributed by atoms with Crippen LogP contribution >= 0.6 is 11.3 Å². The number of piperazine rings is 1. The number of carbonyl (C=O) groups excluding carboxylic acids is 1. The lowest BCUT2D eigenvalue weighted by molar-refractivity contribution is -0.132. The average molecular weight is 347 g/mol. The van der Waals surface area contributed by atoms with E-state index in [1.807, 2.05) is 10.3 Å². The summed E-state index contributed by atoms with van der Waals surface area (Å²) in [6.45, 7) is 6.85. The van der Waals surface area contributed by atoms with Crippen molar-refractivity contribution < 1.29 is 4.79 Å². The molecule has 1 saturated heterocycles. The zero-order chi connectivity index (χ0) is 17.3. The SMILES string of the molecule is CCCc1cc(N2CCN(C(=O)[C@@H](C)N)CC2)nc2scc(N)c12. The maximum absolute atomic E-state index is 12.0. The number of aryl methyl sites for hydroxylation is 1. The van der Waals surface area contributed by atoms with Gasteiger partial charge in [0.05, 0.1) is 11.7 Å². The number of carbonyl (C=O) groups is 1. The minimum absolute atomic E-state index is 0.0239. The predicted octanol–water partition coefficient (Wildman–Crippen LogP) is 1.83. The van der Waals surface area contributed by atoms with Crippen LogP contribution in [0.4, 0.5) is 11.5 Å². The fraction of sp³-hybridized carbons (Fsp3) is 0.529. The van der Waals surface area contributed by atoms with Crippen LogP contribution in [0, 0.1) is 0 Å². The van der Waals surface area contributed by atoms with Crippen molar-refractivity contribution in [3.63, 3.8) is 0 Å². The quantitative estimate of drug-likeness (QED) is 0.881. The maximum Gasteiger partial charge on any atom is 0.239 e. The first-order valence-corrected chi connectivity index (χ1v) is 9.35. The average Bonchev–Trinajstić information content (AvgIpc) is 2.96. The lowest BCUT2D eigenvalue weighted by Gasteiger charge is -2.36. The summed E-state index contributed by atoms with van der Waals surface area (Å²) in [6, 6.07) is 1.73. The van der Waals surface area contributed by atoms with Gasteiger partial charge in [0.15, 0.2) is 0 Å². The van der Waals surface area contributed by atoms with Crippen LogP contribution in [-0.4, -0.2) is 48.0 Å². The van der Waals surface area contributed by atoms with Gasteiger partial charge in [-0.05, 0) is 25.0 Å². The van der Waals surface area contributed by atoms with Crippen LogP contribution < -0.4 is 16.4 Å². The summed E-state index contributed by atoms with van der Waals surface area (Å²) in [6.07, 6.45) is 2.07. The molecule has 0 unspecified atom stereocenters. The lowest BCUT2D eigenvalue weighted by atomic mass is 10.1. The number of rotatable bonds is 4. The molecule has 4 N–H and O–H groups in total. The molecule has 0 spiro atoms. The molecule has 1 amide bonds. The van der Waals surface area contributed by atoms with Gasteiger partial charge in [0.25, 0.3) is 0 Å². The molecule has 7 heteroatoms. The molecule has 0 saturated carbocycles. The summed E-state index contributed by atoms with van der Waals surface area (Å²) in [7, 11) is 0. The zero-order valence-electron chi connectivity index (χ0n) is 14.3. The lowest BCUT2D eigenvalue weighted by Crippen LogP contribution is -2.52. The van der Waals surface area contributed by atoms with Gasteiger partial charge in [-0.25, -0.2) is 4.98 Å². The van der Waals surface area contributed by atoms with E-state index in [1.165, 1.54) is 5.56 Å². The number of anilines is 2. The highest BCUT2D eigenvalue weighted by atomic mass is 32.1. The number of pyridine rings is 1. The highest BCUT2D eigenvalue weighted by Crippen LogP contribution is 2.33. The van der Waals surface area contributed by atoms with Gasteiger partial charge < -0.3 is 21.3 Å². The van der Waals surface area contributed by atoms with E-state index in [1.54, 1.807) is 18.3 Å². The van der Waals surface area contributed by atoms with Gasteiger partial charge in [-0.15, -0.1) is 11.3 Å².